The van der Waals surface area contributed by atoms with Gasteiger partial charge in [-0.3, -0.25) is 0 Å². The number of rotatable bonds is 3. The molecule has 0 amide bonds. The first kappa shape index (κ1) is 8.52. The third-order valence-corrected chi connectivity index (χ3v) is 3.09. The summed E-state index contributed by atoms with van der Waals surface area (Å²) < 4.78 is 6.05. The lowest BCUT2D eigenvalue weighted by molar-refractivity contribution is -0.0344. The molecule has 2 heteroatoms. The summed E-state index contributed by atoms with van der Waals surface area (Å²) in [6.45, 7) is 3.22. The normalized spacial score (nSPS) is 42.0. The van der Waals surface area contributed by atoms with E-state index in [-0.39, 0.29) is 5.60 Å². The zero-order chi connectivity index (χ0) is 8.60. The van der Waals surface area contributed by atoms with Gasteiger partial charge in [0.2, 0.25) is 0 Å². The molecular formula is C10H19NO. The van der Waals surface area contributed by atoms with Gasteiger partial charge in [-0.15, -0.1) is 0 Å². The van der Waals surface area contributed by atoms with E-state index in [4.69, 9.17) is 4.74 Å². The zero-order valence-corrected chi connectivity index (χ0v) is 8.10. The Kier molecular flexibility index (Phi) is 2.13. The number of ether oxygens (including phenoxy) is 1. The average molecular weight is 169 g/mol. The Bertz CT molecular complexity index is 167. The first-order chi connectivity index (χ1) is 5.73. The van der Waals surface area contributed by atoms with Gasteiger partial charge in [0.1, 0.15) is 0 Å². The predicted octanol–water partition coefficient (Wildman–Crippen LogP) is 1.55. The second-order valence-corrected chi connectivity index (χ2v) is 4.51. The average Bonchev–Trinajstić information content (AvgIpc) is 2.78. The molecule has 2 unspecified atom stereocenters. The highest BCUT2D eigenvalue weighted by atomic mass is 16.5. The molecule has 1 aliphatic heterocycles. The molecule has 2 nitrogen and oxygen atoms in total. The van der Waals surface area contributed by atoms with Crippen molar-refractivity contribution in [2.45, 2.75) is 44.3 Å². The topological polar surface area (TPSA) is 21.3 Å². The fourth-order valence-corrected chi connectivity index (χ4v) is 2.23. The fourth-order valence-electron chi connectivity index (χ4n) is 2.23. The van der Waals surface area contributed by atoms with Crippen molar-refractivity contribution in [2.75, 3.05) is 13.6 Å². The van der Waals surface area contributed by atoms with E-state index < -0.39 is 0 Å². The maximum absolute atomic E-state index is 6.05. The van der Waals surface area contributed by atoms with Crippen molar-refractivity contribution in [3.8, 4) is 0 Å². The van der Waals surface area contributed by atoms with Gasteiger partial charge in [0.15, 0.2) is 0 Å². The van der Waals surface area contributed by atoms with Crippen LogP contribution in [0.5, 0.6) is 0 Å². The molecule has 2 fully saturated rings. The summed E-state index contributed by atoms with van der Waals surface area (Å²) in [5.41, 5.74) is 0.127. The van der Waals surface area contributed by atoms with Gasteiger partial charge >= 0.3 is 0 Å². The van der Waals surface area contributed by atoms with Crippen LogP contribution in [0.4, 0.5) is 0 Å². The van der Waals surface area contributed by atoms with Gasteiger partial charge in [0, 0.05) is 6.54 Å². The largest absolute Gasteiger partial charge is 0.370 e. The Labute approximate surface area is 74.7 Å². The summed E-state index contributed by atoms with van der Waals surface area (Å²) in [6, 6.07) is 0. The standard InChI is InChI=1S/C10H19NO/c1-10(7-11-2)6-5-9(12-10)8-3-4-8/h8-9,11H,3-7H2,1-2H3. The Hall–Kier alpha value is -0.0800. The molecule has 70 valence electrons. The van der Waals surface area contributed by atoms with Crippen LogP contribution in [0.25, 0.3) is 0 Å². The Morgan fingerprint density at radius 1 is 1.42 bits per heavy atom. The van der Waals surface area contributed by atoms with Crippen molar-refractivity contribution >= 4 is 0 Å². The SMILES string of the molecule is CNCC1(C)CCC(C2CC2)O1. The van der Waals surface area contributed by atoms with Crippen LogP contribution in [-0.2, 0) is 4.74 Å². The molecule has 0 aromatic heterocycles. The van der Waals surface area contributed by atoms with Crippen LogP contribution in [0.15, 0.2) is 0 Å². The molecule has 1 saturated heterocycles. The van der Waals surface area contributed by atoms with E-state index in [2.05, 4.69) is 12.2 Å². The maximum Gasteiger partial charge on any atom is 0.0783 e. The molecule has 0 bridgehead atoms. The summed E-state index contributed by atoms with van der Waals surface area (Å²) in [6.07, 6.45) is 5.90. The minimum absolute atomic E-state index is 0.127. The van der Waals surface area contributed by atoms with E-state index in [9.17, 15) is 0 Å². The quantitative estimate of drug-likeness (QED) is 0.692. The Morgan fingerprint density at radius 2 is 2.17 bits per heavy atom. The van der Waals surface area contributed by atoms with Gasteiger partial charge in [-0.25, -0.2) is 0 Å². The zero-order valence-electron chi connectivity index (χ0n) is 8.10. The van der Waals surface area contributed by atoms with Gasteiger partial charge in [-0.2, -0.15) is 0 Å². The van der Waals surface area contributed by atoms with Gasteiger partial charge < -0.3 is 10.1 Å². The first-order valence-electron chi connectivity index (χ1n) is 5.06. The molecule has 12 heavy (non-hydrogen) atoms. The molecule has 1 heterocycles. The van der Waals surface area contributed by atoms with Crippen molar-refractivity contribution in [1.29, 1.82) is 0 Å². The van der Waals surface area contributed by atoms with Gasteiger partial charge in [0.05, 0.1) is 11.7 Å². The highest BCUT2D eigenvalue weighted by molar-refractivity contribution is 4.93. The van der Waals surface area contributed by atoms with E-state index in [1.807, 2.05) is 7.05 Å². The third-order valence-electron chi connectivity index (χ3n) is 3.09. The second-order valence-electron chi connectivity index (χ2n) is 4.51. The summed E-state index contributed by atoms with van der Waals surface area (Å²) in [5, 5.41) is 3.21. The minimum atomic E-state index is 0.127. The molecule has 2 aliphatic rings. The number of hydrogen-bond donors (Lipinski definition) is 1. The van der Waals surface area contributed by atoms with Crippen LogP contribution in [0.2, 0.25) is 0 Å². The van der Waals surface area contributed by atoms with E-state index in [1.165, 1.54) is 25.7 Å². The van der Waals surface area contributed by atoms with E-state index in [0.29, 0.717) is 6.10 Å². The van der Waals surface area contributed by atoms with Crippen molar-refractivity contribution in [3.63, 3.8) is 0 Å². The lowest BCUT2D eigenvalue weighted by Crippen LogP contribution is -2.36. The van der Waals surface area contributed by atoms with Crippen LogP contribution in [0.3, 0.4) is 0 Å². The molecule has 0 spiro atoms. The molecule has 1 N–H and O–H groups in total. The van der Waals surface area contributed by atoms with Crippen molar-refractivity contribution in [2.24, 2.45) is 5.92 Å². The third kappa shape index (κ3) is 1.64. The van der Waals surface area contributed by atoms with Gasteiger partial charge in [-0.1, -0.05) is 0 Å². The molecule has 2 atom stereocenters. The smallest absolute Gasteiger partial charge is 0.0783 e. The van der Waals surface area contributed by atoms with Gasteiger partial charge in [-0.05, 0) is 45.6 Å². The predicted molar refractivity (Wildman–Crippen MR) is 49.2 cm³/mol. The van der Waals surface area contributed by atoms with E-state index >= 15 is 0 Å². The molecule has 1 saturated carbocycles. The Balaban J connectivity index is 1.86. The number of likely N-dealkylation sites (N-methyl/N-ethyl adjacent to an activating group) is 1. The van der Waals surface area contributed by atoms with Crippen LogP contribution in [0, 0.1) is 5.92 Å². The van der Waals surface area contributed by atoms with E-state index in [0.717, 1.165) is 12.5 Å². The number of hydrogen-bond acceptors (Lipinski definition) is 2. The summed E-state index contributed by atoms with van der Waals surface area (Å²) in [4.78, 5) is 0. The fraction of sp³-hybridized carbons (Fsp3) is 1.00. The molecule has 0 aromatic carbocycles. The van der Waals surface area contributed by atoms with Crippen molar-refractivity contribution in [1.82, 2.24) is 5.32 Å². The maximum atomic E-state index is 6.05. The lowest BCUT2D eigenvalue weighted by atomic mass is 10.0. The highest BCUT2D eigenvalue weighted by Crippen LogP contribution is 2.43. The lowest BCUT2D eigenvalue weighted by Gasteiger charge is -2.24. The van der Waals surface area contributed by atoms with Crippen molar-refractivity contribution in [3.05, 3.63) is 0 Å². The summed E-state index contributed by atoms with van der Waals surface area (Å²) >= 11 is 0. The van der Waals surface area contributed by atoms with Crippen LogP contribution < -0.4 is 5.32 Å². The van der Waals surface area contributed by atoms with Crippen LogP contribution >= 0.6 is 0 Å². The molecule has 0 radical (unpaired) electrons. The first-order valence-corrected chi connectivity index (χ1v) is 5.06. The summed E-state index contributed by atoms with van der Waals surface area (Å²) in [5.74, 6) is 0.906. The number of nitrogens with one attached hydrogen (secondary N) is 1. The Morgan fingerprint density at radius 3 is 2.75 bits per heavy atom. The van der Waals surface area contributed by atoms with Crippen LogP contribution in [0.1, 0.15) is 32.6 Å². The molecule has 1 aliphatic carbocycles. The second kappa shape index (κ2) is 3.00. The highest BCUT2D eigenvalue weighted by Gasteiger charge is 2.42. The van der Waals surface area contributed by atoms with Gasteiger partial charge in [0.25, 0.3) is 0 Å². The van der Waals surface area contributed by atoms with Crippen LogP contribution in [-0.4, -0.2) is 25.3 Å². The molecular weight excluding hydrogens is 150 g/mol. The summed E-state index contributed by atoms with van der Waals surface area (Å²) in [7, 11) is 2.00. The minimum Gasteiger partial charge on any atom is -0.370 e. The van der Waals surface area contributed by atoms with E-state index in [1.54, 1.807) is 0 Å². The molecule has 2 rings (SSSR count). The molecule has 0 aromatic rings. The monoisotopic (exact) mass is 169 g/mol. The van der Waals surface area contributed by atoms with Crippen molar-refractivity contribution < 1.29 is 4.74 Å².